The van der Waals surface area contributed by atoms with Crippen LogP contribution in [-0.4, -0.2) is 34.2 Å². The van der Waals surface area contributed by atoms with Crippen LogP contribution < -0.4 is 4.74 Å². The lowest BCUT2D eigenvalue weighted by atomic mass is 10.3. The third kappa shape index (κ3) is 2.14. The first-order valence-corrected chi connectivity index (χ1v) is 7.27. The van der Waals surface area contributed by atoms with Crippen molar-refractivity contribution >= 4 is 32.5 Å². The molecule has 0 bridgehead atoms. The van der Waals surface area contributed by atoms with Crippen LogP contribution in [0.4, 0.5) is 0 Å². The van der Waals surface area contributed by atoms with Crippen LogP contribution >= 0.6 is 11.3 Å². The van der Waals surface area contributed by atoms with Crippen LogP contribution in [0, 0.1) is 0 Å². The third-order valence-corrected chi connectivity index (χ3v) is 4.17. The number of nitrogens with zero attached hydrogens (tertiary/aromatic N) is 2. The Hall–Kier alpha value is -2.12. The highest BCUT2D eigenvalue weighted by Gasteiger charge is 2.22. The SMILES string of the molecule is CCOC(=O)c1nc2sc3cc(OC)ccc3n2c1CO. The Morgan fingerprint density at radius 2 is 2.29 bits per heavy atom. The predicted molar refractivity (Wildman–Crippen MR) is 79.0 cm³/mol. The molecular formula is C14H14N2O4S. The van der Waals surface area contributed by atoms with Gasteiger partial charge in [0.1, 0.15) is 5.75 Å². The lowest BCUT2D eigenvalue weighted by Gasteiger charge is -2.02. The summed E-state index contributed by atoms with van der Waals surface area (Å²) in [7, 11) is 1.61. The van der Waals surface area contributed by atoms with E-state index in [0.29, 0.717) is 10.7 Å². The van der Waals surface area contributed by atoms with Gasteiger partial charge in [0.2, 0.25) is 0 Å². The van der Waals surface area contributed by atoms with E-state index in [9.17, 15) is 9.90 Å². The highest BCUT2D eigenvalue weighted by Crippen LogP contribution is 2.31. The Labute approximate surface area is 124 Å². The monoisotopic (exact) mass is 306 g/mol. The maximum absolute atomic E-state index is 11.9. The van der Waals surface area contributed by atoms with Gasteiger partial charge in [0.15, 0.2) is 10.7 Å². The summed E-state index contributed by atoms with van der Waals surface area (Å²) in [5, 5.41) is 9.61. The lowest BCUT2D eigenvalue weighted by Crippen LogP contribution is -2.09. The van der Waals surface area contributed by atoms with Crippen LogP contribution in [-0.2, 0) is 11.3 Å². The first-order valence-electron chi connectivity index (χ1n) is 6.45. The van der Waals surface area contributed by atoms with Crippen LogP contribution in [0.2, 0.25) is 0 Å². The largest absolute Gasteiger partial charge is 0.497 e. The molecule has 0 aliphatic rings. The minimum absolute atomic E-state index is 0.170. The highest BCUT2D eigenvalue weighted by atomic mass is 32.1. The molecule has 3 rings (SSSR count). The number of esters is 1. The van der Waals surface area contributed by atoms with Crippen molar-refractivity contribution in [1.29, 1.82) is 0 Å². The number of aliphatic hydroxyl groups is 1. The highest BCUT2D eigenvalue weighted by molar-refractivity contribution is 7.23. The Kier molecular flexibility index (Phi) is 3.52. The van der Waals surface area contributed by atoms with Gasteiger partial charge in [-0.2, -0.15) is 0 Å². The molecule has 0 saturated carbocycles. The summed E-state index contributed by atoms with van der Waals surface area (Å²) in [6, 6.07) is 5.62. The molecule has 2 heterocycles. The quantitative estimate of drug-likeness (QED) is 0.748. The Balaban J connectivity index is 2.24. The molecular weight excluding hydrogens is 292 g/mol. The van der Waals surface area contributed by atoms with E-state index < -0.39 is 5.97 Å². The number of fused-ring (bicyclic) bond motifs is 3. The maximum Gasteiger partial charge on any atom is 0.358 e. The van der Waals surface area contributed by atoms with Crippen molar-refractivity contribution in [3.63, 3.8) is 0 Å². The number of benzene rings is 1. The van der Waals surface area contributed by atoms with E-state index in [-0.39, 0.29) is 18.9 Å². The molecule has 0 spiro atoms. The summed E-state index contributed by atoms with van der Waals surface area (Å²) >= 11 is 1.43. The van der Waals surface area contributed by atoms with Gasteiger partial charge in [-0.3, -0.25) is 4.40 Å². The molecule has 6 nitrogen and oxygen atoms in total. The number of carbonyl (C=O) groups is 1. The molecule has 3 aromatic rings. The average molecular weight is 306 g/mol. The van der Waals surface area contributed by atoms with E-state index in [1.165, 1.54) is 11.3 Å². The first-order chi connectivity index (χ1) is 10.2. The van der Waals surface area contributed by atoms with Gasteiger partial charge in [0.05, 0.1) is 36.2 Å². The molecule has 1 aromatic carbocycles. The van der Waals surface area contributed by atoms with Gasteiger partial charge in [0, 0.05) is 0 Å². The fraction of sp³-hybridized carbons (Fsp3) is 0.286. The molecule has 21 heavy (non-hydrogen) atoms. The van der Waals surface area contributed by atoms with Crippen molar-refractivity contribution in [3.8, 4) is 5.75 Å². The minimum atomic E-state index is -0.515. The number of rotatable bonds is 4. The van der Waals surface area contributed by atoms with E-state index in [1.807, 2.05) is 18.2 Å². The van der Waals surface area contributed by atoms with Gasteiger partial charge < -0.3 is 14.6 Å². The van der Waals surface area contributed by atoms with Crippen molar-refractivity contribution in [2.45, 2.75) is 13.5 Å². The molecule has 2 aromatic heterocycles. The van der Waals surface area contributed by atoms with Gasteiger partial charge in [-0.15, -0.1) is 0 Å². The fourth-order valence-corrected chi connectivity index (χ4v) is 3.32. The van der Waals surface area contributed by atoms with Crippen molar-refractivity contribution in [2.24, 2.45) is 0 Å². The fourth-order valence-electron chi connectivity index (χ4n) is 2.24. The molecule has 0 unspecified atom stereocenters. The number of methoxy groups -OCH3 is 1. The second-order valence-corrected chi connectivity index (χ2v) is 5.35. The molecule has 0 amide bonds. The van der Waals surface area contributed by atoms with Crippen LogP contribution in [0.15, 0.2) is 18.2 Å². The molecule has 7 heteroatoms. The number of imidazole rings is 1. The molecule has 0 fully saturated rings. The zero-order valence-corrected chi connectivity index (χ0v) is 12.4. The third-order valence-electron chi connectivity index (χ3n) is 3.17. The summed E-state index contributed by atoms with van der Waals surface area (Å²) in [6.45, 7) is 1.72. The van der Waals surface area contributed by atoms with E-state index in [4.69, 9.17) is 9.47 Å². The topological polar surface area (TPSA) is 73.1 Å². The second-order valence-electron chi connectivity index (χ2n) is 4.34. The average Bonchev–Trinajstić information content (AvgIpc) is 3.01. The van der Waals surface area contributed by atoms with Gasteiger partial charge in [-0.1, -0.05) is 11.3 Å². The molecule has 0 atom stereocenters. The molecule has 1 N–H and O–H groups in total. The summed E-state index contributed by atoms with van der Waals surface area (Å²) in [4.78, 5) is 16.8. The Morgan fingerprint density at radius 3 is 2.95 bits per heavy atom. The van der Waals surface area contributed by atoms with Crippen LogP contribution in [0.1, 0.15) is 23.1 Å². The maximum atomic E-state index is 11.9. The number of aliphatic hydroxyl groups excluding tert-OH is 1. The number of hydrogen-bond donors (Lipinski definition) is 1. The number of thiazole rings is 1. The molecule has 0 saturated heterocycles. The summed E-state index contributed by atoms with van der Waals surface area (Å²) in [6.07, 6.45) is 0. The number of hydrogen-bond acceptors (Lipinski definition) is 6. The van der Waals surface area contributed by atoms with Crippen LogP contribution in [0.25, 0.3) is 15.2 Å². The molecule has 0 aliphatic heterocycles. The van der Waals surface area contributed by atoms with Crippen molar-refractivity contribution in [3.05, 3.63) is 29.6 Å². The number of aromatic nitrogens is 2. The van der Waals surface area contributed by atoms with Crippen molar-refractivity contribution in [2.75, 3.05) is 13.7 Å². The lowest BCUT2D eigenvalue weighted by molar-refractivity contribution is 0.0516. The van der Waals surface area contributed by atoms with Gasteiger partial charge in [-0.05, 0) is 25.1 Å². The van der Waals surface area contributed by atoms with E-state index in [2.05, 4.69) is 4.98 Å². The molecule has 110 valence electrons. The summed E-state index contributed by atoms with van der Waals surface area (Å²) < 4.78 is 12.9. The normalized spacial score (nSPS) is 11.2. The van der Waals surface area contributed by atoms with Crippen LogP contribution in [0.3, 0.4) is 0 Å². The Bertz CT molecular complexity index is 821. The van der Waals surface area contributed by atoms with E-state index >= 15 is 0 Å². The van der Waals surface area contributed by atoms with Crippen molar-refractivity contribution in [1.82, 2.24) is 9.38 Å². The number of carbonyl (C=O) groups excluding carboxylic acids is 1. The number of ether oxygens (including phenoxy) is 2. The van der Waals surface area contributed by atoms with E-state index in [0.717, 1.165) is 16.0 Å². The molecule has 0 radical (unpaired) electrons. The summed E-state index contributed by atoms with van der Waals surface area (Å²) in [5.41, 5.74) is 1.49. The standard InChI is InChI=1S/C14H14N2O4S/c1-3-20-13(18)12-10(7-17)16-9-5-4-8(19-2)6-11(9)21-14(16)15-12/h4-6,17H,3,7H2,1-2H3. The summed E-state index contributed by atoms with van der Waals surface area (Å²) in [5.74, 6) is 0.238. The molecule has 0 aliphatic carbocycles. The van der Waals surface area contributed by atoms with Gasteiger partial charge in [-0.25, -0.2) is 9.78 Å². The van der Waals surface area contributed by atoms with Crippen molar-refractivity contribution < 1.29 is 19.4 Å². The first kappa shape index (κ1) is 13.8. The second kappa shape index (κ2) is 5.34. The minimum Gasteiger partial charge on any atom is -0.497 e. The predicted octanol–water partition coefficient (Wildman–Crippen LogP) is 2.23. The van der Waals surface area contributed by atoms with Gasteiger partial charge in [0.25, 0.3) is 0 Å². The Morgan fingerprint density at radius 1 is 1.48 bits per heavy atom. The zero-order valence-electron chi connectivity index (χ0n) is 11.6. The zero-order chi connectivity index (χ0) is 15.0. The van der Waals surface area contributed by atoms with Gasteiger partial charge >= 0.3 is 5.97 Å². The van der Waals surface area contributed by atoms with E-state index in [1.54, 1.807) is 18.4 Å². The smallest absolute Gasteiger partial charge is 0.358 e. The van der Waals surface area contributed by atoms with Crippen LogP contribution in [0.5, 0.6) is 5.75 Å².